The second kappa shape index (κ2) is 7.76. The molecule has 0 heterocycles. The topological polar surface area (TPSA) is 79.2 Å². The minimum absolute atomic E-state index is 0.208. The van der Waals surface area contributed by atoms with Crippen molar-refractivity contribution >= 4 is 17.4 Å². The molecule has 0 fully saturated rings. The second-order valence-electron chi connectivity index (χ2n) is 4.72. The van der Waals surface area contributed by atoms with Gasteiger partial charge in [0.15, 0.2) is 5.78 Å². The third-order valence-corrected chi connectivity index (χ3v) is 3.13. The van der Waals surface area contributed by atoms with Crippen LogP contribution in [-0.4, -0.2) is 18.3 Å². The van der Waals surface area contributed by atoms with E-state index in [0.717, 1.165) is 0 Å². The van der Waals surface area contributed by atoms with Crippen LogP contribution in [0.3, 0.4) is 0 Å². The summed E-state index contributed by atoms with van der Waals surface area (Å²) in [7, 11) is 0. The van der Waals surface area contributed by atoms with E-state index in [2.05, 4.69) is 5.32 Å². The fourth-order valence-electron chi connectivity index (χ4n) is 2.04. The Hall–Kier alpha value is -3.13. The van der Waals surface area contributed by atoms with Gasteiger partial charge in [-0.2, -0.15) is 5.26 Å². The van der Waals surface area contributed by atoms with Crippen LogP contribution in [0.15, 0.2) is 48.5 Å². The van der Waals surface area contributed by atoms with Crippen LogP contribution < -0.4 is 10.1 Å². The van der Waals surface area contributed by atoms with Gasteiger partial charge in [-0.1, -0.05) is 18.2 Å². The molecule has 2 aromatic rings. The number of carbonyl (C=O) groups excluding carboxylic acids is 2. The molecular weight excluding hydrogens is 292 g/mol. The van der Waals surface area contributed by atoms with E-state index in [0.29, 0.717) is 29.2 Å². The maximum atomic E-state index is 12.3. The first-order chi connectivity index (χ1) is 11.2. The van der Waals surface area contributed by atoms with Gasteiger partial charge in [0, 0.05) is 11.1 Å². The average Bonchev–Trinajstić information content (AvgIpc) is 2.57. The van der Waals surface area contributed by atoms with Gasteiger partial charge in [0.2, 0.25) is 0 Å². The summed E-state index contributed by atoms with van der Waals surface area (Å²) in [6.45, 7) is 2.26. The van der Waals surface area contributed by atoms with Crippen LogP contribution in [0.5, 0.6) is 5.75 Å². The number of nitriles is 1. The highest BCUT2D eigenvalue weighted by Gasteiger charge is 2.13. The zero-order valence-corrected chi connectivity index (χ0v) is 12.7. The van der Waals surface area contributed by atoms with Gasteiger partial charge in [-0.15, -0.1) is 0 Å². The number of rotatable bonds is 6. The summed E-state index contributed by atoms with van der Waals surface area (Å²) in [6, 6.07) is 15.3. The predicted molar refractivity (Wildman–Crippen MR) is 86.6 cm³/mol. The molecule has 0 spiro atoms. The lowest BCUT2D eigenvalue weighted by Gasteiger charge is -2.13. The van der Waals surface area contributed by atoms with Crippen molar-refractivity contribution in [3.8, 4) is 11.8 Å². The normalized spacial score (nSPS) is 9.74. The zero-order chi connectivity index (χ0) is 16.7. The minimum Gasteiger partial charge on any atom is -0.492 e. The molecule has 0 aliphatic rings. The maximum absolute atomic E-state index is 12.3. The van der Waals surface area contributed by atoms with E-state index in [9.17, 15) is 9.59 Å². The van der Waals surface area contributed by atoms with Crippen LogP contribution in [-0.2, 0) is 0 Å². The largest absolute Gasteiger partial charge is 0.492 e. The zero-order valence-electron chi connectivity index (χ0n) is 12.7. The van der Waals surface area contributed by atoms with E-state index in [1.54, 1.807) is 36.4 Å². The molecule has 2 aromatic carbocycles. The summed E-state index contributed by atoms with van der Waals surface area (Å²) < 4.78 is 5.48. The Balaban J connectivity index is 2.30. The maximum Gasteiger partial charge on any atom is 0.255 e. The van der Waals surface area contributed by atoms with E-state index in [4.69, 9.17) is 10.00 Å². The van der Waals surface area contributed by atoms with Crippen molar-refractivity contribution in [3.63, 3.8) is 0 Å². The van der Waals surface area contributed by atoms with Gasteiger partial charge in [0.1, 0.15) is 5.75 Å². The molecule has 116 valence electrons. The Morgan fingerprint density at radius 2 is 1.87 bits per heavy atom. The molecule has 1 amide bonds. The van der Waals surface area contributed by atoms with Crippen LogP contribution in [0.2, 0.25) is 0 Å². The third kappa shape index (κ3) is 4.17. The van der Waals surface area contributed by atoms with E-state index in [-0.39, 0.29) is 18.1 Å². The molecule has 0 aliphatic heterocycles. The third-order valence-electron chi connectivity index (χ3n) is 3.13. The van der Waals surface area contributed by atoms with E-state index < -0.39 is 0 Å². The number of nitrogens with one attached hydrogen (secondary N) is 1. The van der Waals surface area contributed by atoms with Gasteiger partial charge >= 0.3 is 0 Å². The molecule has 1 N–H and O–H groups in total. The molecule has 0 aliphatic carbocycles. The number of nitrogens with zero attached hydrogens (tertiary/aromatic N) is 1. The monoisotopic (exact) mass is 308 g/mol. The van der Waals surface area contributed by atoms with Crippen molar-refractivity contribution in [2.24, 2.45) is 0 Å². The predicted octanol–water partition coefficient (Wildman–Crippen LogP) is 3.43. The summed E-state index contributed by atoms with van der Waals surface area (Å²) >= 11 is 0. The van der Waals surface area contributed by atoms with E-state index in [1.165, 1.54) is 6.07 Å². The van der Waals surface area contributed by atoms with Crippen LogP contribution in [0, 0.1) is 11.3 Å². The SMILES string of the molecule is CCOc1ccc(C(=O)CC#N)cc1NC(=O)c1ccccc1. The molecule has 0 bridgehead atoms. The highest BCUT2D eigenvalue weighted by molar-refractivity contribution is 6.06. The smallest absolute Gasteiger partial charge is 0.255 e. The molecule has 5 heteroatoms. The highest BCUT2D eigenvalue weighted by Crippen LogP contribution is 2.27. The van der Waals surface area contributed by atoms with Crippen molar-refractivity contribution in [1.29, 1.82) is 5.26 Å². The van der Waals surface area contributed by atoms with E-state index >= 15 is 0 Å². The quantitative estimate of drug-likeness (QED) is 0.829. The van der Waals surface area contributed by atoms with Gasteiger partial charge in [-0.05, 0) is 37.3 Å². The fourth-order valence-corrected chi connectivity index (χ4v) is 2.04. The van der Waals surface area contributed by atoms with Crippen LogP contribution in [0.1, 0.15) is 34.1 Å². The number of ketones is 1. The van der Waals surface area contributed by atoms with Crippen LogP contribution in [0.4, 0.5) is 5.69 Å². The molecule has 0 atom stereocenters. The Bertz CT molecular complexity index is 749. The molecule has 0 radical (unpaired) electrons. The number of amides is 1. The molecule has 23 heavy (non-hydrogen) atoms. The van der Waals surface area contributed by atoms with Gasteiger partial charge in [0.25, 0.3) is 5.91 Å². The number of hydrogen-bond donors (Lipinski definition) is 1. The summed E-state index contributed by atoms with van der Waals surface area (Å²) in [5.74, 6) is -0.118. The number of anilines is 1. The standard InChI is InChI=1S/C18H16N2O3/c1-2-23-17-9-8-14(16(21)10-11-19)12-15(17)20-18(22)13-6-4-3-5-7-13/h3-9,12H,2,10H2,1H3,(H,20,22). The lowest BCUT2D eigenvalue weighted by Crippen LogP contribution is -2.13. The first-order valence-electron chi connectivity index (χ1n) is 7.19. The van der Waals surface area contributed by atoms with Gasteiger partial charge in [-0.25, -0.2) is 0 Å². The van der Waals surface area contributed by atoms with Crippen molar-refractivity contribution in [2.75, 3.05) is 11.9 Å². The Morgan fingerprint density at radius 3 is 2.52 bits per heavy atom. The number of carbonyl (C=O) groups is 2. The molecule has 5 nitrogen and oxygen atoms in total. The number of ether oxygens (including phenoxy) is 1. The highest BCUT2D eigenvalue weighted by atomic mass is 16.5. The van der Waals surface area contributed by atoms with Gasteiger partial charge in [-0.3, -0.25) is 9.59 Å². The molecule has 0 saturated heterocycles. The van der Waals surface area contributed by atoms with Gasteiger partial charge < -0.3 is 10.1 Å². The van der Waals surface area contributed by atoms with Crippen molar-refractivity contribution in [1.82, 2.24) is 0 Å². The Morgan fingerprint density at radius 1 is 1.13 bits per heavy atom. The number of Topliss-reactive ketones (excluding diaryl/α,β-unsaturated/α-hetero) is 1. The summed E-state index contributed by atoms with van der Waals surface area (Å²) in [5.41, 5.74) is 1.27. The lowest BCUT2D eigenvalue weighted by molar-refractivity contribution is 0.0994. The second-order valence-corrected chi connectivity index (χ2v) is 4.72. The summed E-state index contributed by atoms with van der Waals surface area (Å²) in [5, 5.41) is 11.4. The molecule has 2 rings (SSSR count). The molecule has 0 saturated carbocycles. The van der Waals surface area contributed by atoms with E-state index in [1.807, 2.05) is 19.1 Å². The first-order valence-corrected chi connectivity index (χ1v) is 7.19. The average molecular weight is 308 g/mol. The fraction of sp³-hybridized carbons (Fsp3) is 0.167. The van der Waals surface area contributed by atoms with Crippen molar-refractivity contribution < 1.29 is 14.3 Å². The van der Waals surface area contributed by atoms with Crippen molar-refractivity contribution in [2.45, 2.75) is 13.3 Å². The molecule has 0 aromatic heterocycles. The molecule has 0 unspecified atom stereocenters. The Labute approximate surface area is 134 Å². The van der Waals surface area contributed by atoms with Crippen molar-refractivity contribution in [3.05, 3.63) is 59.7 Å². The summed E-state index contributed by atoms with van der Waals surface area (Å²) in [4.78, 5) is 24.1. The molecular formula is C18H16N2O3. The number of benzene rings is 2. The van der Waals surface area contributed by atoms with Crippen LogP contribution >= 0.6 is 0 Å². The summed E-state index contributed by atoms with van der Waals surface area (Å²) in [6.07, 6.45) is -0.208. The number of hydrogen-bond acceptors (Lipinski definition) is 4. The lowest BCUT2D eigenvalue weighted by atomic mass is 10.1. The van der Waals surface area contributed by atoms with Crippen LogP contribution in [0.25, 0.3) is 0 Å². The first kappa shape index (κ1) is 16.2. The minimum atomic E-state index is -0.300. The van der Waals surface area contributed by atoms with Gasteiger partial charge in [0.05, 0.1) is 24.8 Å². The Kier molecular flexibility index (Phi) is 5.48.